The normalized spacial score (nSPS) is 14.6. The molecule has 1 aromatic heterocycles. The molecule has 0 aliphatic carbocycles. The lowest BCUT2D eigenvalue weighted by Gasteiger charge is -2.34. The topological polar surface area (TPSA) is 74.8 Å². The fraction of sp³-hybridized carbons (Fsp3) is 0.350. The highest BCUT2D eigenvalue weighted by atomic mass is 35.5. The van der Waals surface area contributed by atoms with E-state index in [9.17, 15) is 9.59 Å². The van der Waals surface area contributed by atoms with Gasteiger partial charge in [0.25, 0.3) is 5.91 Å². The number of amides is 2. The second-order valence-electron chi connectivity index (χ2n) is 6.41. The van der Waals surface area contributed by atoms with Crippen LogP contribution in [-0.2, 0) is 4.79 Å². The van der Waals surface area contributed by atoms with Gasteiger partial charge in [0.05, 0.1) is 6.54 Å². The third-order valence-corrected chi connectivity index (χ3v) is 4.87. The summed E-state index contributed by atoms with van der Waals surface area (Å²) in [5.41, 5.74) is 0.265. The van der Waals surface area contributed by atoms with Crippen molar-refractivity contribution in [3.63, 3.8) is 0 Å². The molecule has 0 radical (unpaired) electrons. The van der Waals surface area contributed by atoms with Crippen molar-refractivity contribution in [3.8, 4) is 11.6 Å². The average Bonchev–Trinajstić information content (AvgIpc) is 2.74. The van der Waals surface area contributed by atoms with Crippen LogP contribution in [0.15, 0.2) is 42.6 Å². The molecule has 1 aliphatic heterocycles. The number of nitrogens with zero attached hydrogens (tertiary/aromatic N) is 3. The molecule has 8 heteroatoms. The first-order chi connectivity index (χ1) is 13.6. The number of rotatable bonds is 6. The standard InChI is InChI=1S/C20H23ClN4O3/c1-2-24-10-12-25(13-11-24)18(26)14-23-19(27)17-4-3-9-22-20(17)28-16-7-5-15(21)6-8-16/h3-9H,2,10-14H2,1H3,(H,23,27). The zero-order valence-corrected chi connectivity index (χ0v) is 16.5. The number of carbonyl (C=O) groups is 2. The third-order valence-electron chi connectivity index (χ3n) is 4.62. The monoisotopic (exact) mass is 402 g/mol. The number of aromatic nitrogens is 1. The first-order valence-electron chi connectivity index (χ1n) is 9.23. The Labute approximate surface area is 169 Å². The van der Waals surface area contributed by atoms with E-state index in [2.05, 4.69) is 22.1 Å². The zero-order chi connectivity index (χ0) is 19.9. The van der Waals surface area contributed by atoms with E-state index >= 15 is 0 Å². The van der Waals surface area contributed by atoms with Crippen molar-refractivity contribution < 1.29 is 14.3 Å². The highest BCUT2D eigenvalue weighted by molar-refractivity contribution is 6.30. The lowest BCUT2D eigenvalue weighted by molar-refractivity contribution is -0.131. The smallest absolute Gasteiger partial charge is 0.257 e. The van der Waals surface area contributed by atoms with E-state index in [-0.39, 0.29) is 23.9 Å². The number of benzene rings is 1. The quantitative estimate of drug-likeness (QED) is 0.803. The van der Waals surface area contributed by atoms with Crippen LogP contribution >= 0.6 is 11.6 Å². The van der Waals surface area contributed by atoms with Crippen molar-refractivity contribution in [1.82, 2.24) is 20.1 Å². The molecule has 0 saturated carbocycles. The molecule has 2 amide bonds. The lowest BCUT2D eigenvalue weighted by atomic mass is 10.2. The second-order valence-corrected chi connectivity index (χ2v) is 6.85. The lowest BCUT2D eigenvalue weighted by Crippen LogP contribution is -2.51. The molecule has 0 bridgehead atoms. The van der Waals surface area contributed by atoms with E-state index in [0.717, 1.165) is 19.6 Å². The number of pyridine rings is 1. The van der Waals surface area contributed by atoms with Gasteiger partial charge < -0.3 is 19.9 Å². The van der Waals surface area contributed by atoms with Gasteiger partial charge in [0.2, 0.25) is 11.8 Å². The van der Waals surface area contributed by atoms with E-state index in [1.807, 2.05) is 0 Å². The van der Waals surface area contributed by atoms with Gasteiger partial charge in [-0.1, -0.05) is 18.5 Å². The van der Waals surface area contributed by atoms with Gasteiger partial charge in [0.15, 0.2) is 0 Å². The summed E-state index contributed by atoms with van der Waals surface area (Å²) >= 11 is 5.87. The average molecular weight is 403 g/mol. The Balaban J connectivity index is 1.58. The molecule has 148 valence electrons. The number of nitrogens with one attached hydrogen (secondary N) is 1. The zero-order valence-electron chi connectivity index (χ0n) is 15.7. The molecular weight excluding hydrogens is 380 g/mol. The molecule has 2 aromatic rings. The first-order valence-corrected chi connectivity index (χ1v) is 9.61. The maximum Gasteiger partial charge on any atom is 0.257 e. The van der Waals surface area contributed by atoms with Crippen LogP contribution in [0, 0.1) is 0 Å². The van der Waals surface area contributed by atoms with Crippen LogP contribution in [0.2, 0.25) is 5.02 Å². The minimum absolute atomic E-state index is 0.0553. The molecule has 0 spiro atoms. The minimum Gasteiger partial charge on any atom is -0.438 e. The summed E-state index contributed by atoms with van der Waals surface area (Å²) < 4.78 is 5.70. The van der Waals surface area contributed by atoms with Crippen molar-refractivity contribution in [1.29, 1.82) is 0 Å². The molecule has 7 nitrogen and oxygen atoms in total. The van der Waals surface area contributed by atoms with Gasteiger partial charge in [0, 0.05) is 37.4 Å². The largest absolute Gasteiger partial charge is 0.438 e. The summed E-state index contributed by atoms with van der Waals surface area (Å²) in [4.78, 5) is 33.1. The van der Waals surface area contributed by atoms with Gasteiger partial charge in [-0.25, -0.2) is 4.98 Å². The van der Waals surface area contributed by atoms with Crippen LogP contribution in [-0.4, -0.2) is 65.9 Å². The van der Waals surface area contributed by atoms with Gasteiger partial charge >= 0.3 is 0 Å². The van der Waals surface area contributed by atoms with Crippen LogP contribution in [0.3, 0.4) is 0 Å². The molecule has 3 rings (SSSR count). The van der Waals surface area contributed by atoms with Crippen molar-refractivity contribution in [2.75, 3.05) is 39.3 Å². The molecule has 0 unspecified atom stereocenters. The molecule has 28 heavy (non-hydrogen) atoms. The van der Waals surface area contributed by atoms with Crippen LogP contribution in [0.5, 0.6) is 11.6 Å². The number of hydrogen-bond acceptors (Lipinski definition) is 5. The Bertz CT molecular complexity index is 820. The van der Waals surface area contributed by atoms with Crippen molar-refractivity contribution >= 4 is 23.4 Å². The number of piperazine rings is 1. The summed E-state index contributed by atoms with van der Waals surface area (Å²) in [5, 5.41) is 3.26. The van der Waals surface area contributed by atoms with E-state index in [0.29, 0.717) is 23.9 Å². The van der Waals surface area contributed by atoms with E-state index in [1.54, 1.807) is 47.5 Å². The summed E-state index contributed by atoms with van der Waals surface area (Å²) in [5.74, 6) is 0.194. The summed E-state index contributed by atoms with van der Waals surface area (Å²) in [7, 11) is 0. The first kappa shape index (κ1) is 20.1. The summed E-state index contributed by atoms with van der Waals surface area (Å²) in [6.07, 6.45) is 1.54. The molecule has 1 N–H and O–H groups in total. The fourth-order valence-electron chi connectivity index (χ4n) is 2.94. The molecule has 0 atom stereocenters. The van der Waals surface area contributed by atoms with Crippen molar-refractivity contribution in [3.05, 3.63) is 53.2 Å². The highest BCUT2D eigenvalue weighted by Crippen LogP contribution is 2.24. The maximum absolute atomic E-state index is 12.6. The molecule has 1 fully saturated rings. The summed E-state index contributed by atoms with van der Waals surface area (Å²) in [6.45, 7) is 6.11. The Morgan fingerprint density at radius 3 is 2.54 bits per heavy atom. The summed E-state index contributed by atoms with van der Waals surface area (Å²) in [6, 6.07) is 10.0. The van der Waals surface area contributed by atoms with Gasteiger partial charge in [-0.3, -0.25) is 9.59 Å². The Kier molecular flexibility index (Phi) is 6.84. The van der Waals surface area contributed by atoms with E-state index < -0.39 is 5.91 Å². The van der Waals surface area contributed by atoms with Gasteiger partial charge in [-0.2, -0.15) is 0 Å². The predicted molar refractivity (Wildman–Crippen MR) is 107 cm³/mol. The van der Waals surface area contributed by atoms with E-state index in [4.69, 9.17) is 16.3 Å². The van der Waals surface area contributed by atoms with Crippen molar-refractivity contribution in [2.45, 2.75) is 6.92 Å². The molecular formula is C20H23ClN4O3. The van der Waals surface area contributed by atoms with Gasteiger partial charge in [-0.15, -0.1) is 0 Å². The Morgan fingerprint density at radius 2 is 1.86 bits per heavy atom. The van der Waals surface area contributed by atoms with Crippen LogP contribution in [0.25, 0.3) is 0 Å². The SMILES string of the molecule is CCN1CCN(C(=O)CNC(=O)c2cccnc2Oc2ccc(Cl)cc2)CC1. The Hall–Kier alpha value is -2.64. The number of likely N-dealkylation sites (N-methyl/N-ethyl adjacent to an activating group) is 1. The van der Waals surface area contributed by atoms with Crippen LogP contribution < -0.4 is 10.1 Å². The third kappa shape index (κ3) is 5.21. The fourth-order valence-corrected chi connectivity index (χ4v) is 3.06. The number of hydrogen-bond donors (Lipinski definition) is 1. The maximum atomic E-state index is 12.6. The van der Waals surface area contributed by atoms with Crippen LogP contribution in [0.4, 0.5) is 0 Å². The highest BCUT2D eigenvalue weighted by Gasteiger charge is 2.21. The molecule has 1 aliphatic rings. The number of ether oxygens (including phenoxy) is 1. The molecule has 2 heterocycles. The molecule has 1 saturated heterocycles. The molecule has 1 aromatic carbocycles. The van der Waals surface area contributed by atoms with Gasteiger partial charge in [-0.05, 0) is 42.9 Å². The Morgan fingerprint density at radius 1 is 1.14 bits per heavy atom. The minimum atomic E-state index is -0.405. The van der Waals surface area contributed by atoms with E-state index in [1.165, 1.54) is 0 Å². The van der Waals surface area contributed by atoms with Crippen LogP contribution in [0.1, 0.15) is 17.3 Å². The second kappa shape index (κ2) is 9.52. The van der Waals surface area contributed by atoms with Crippen molar-refractivity contribution in [2.24, 2.45) is 0 Å². The van der Waals surface area contributed by atoms with Gasteiger partial charge in [0.1, 0.15) is 11.3 Å². The number of halogens is 1. The predicted octanol–water partition coefficient (Wildman–Crippen LogP) is 2.42. The number of carbonyl (C=O) groups excluding carboxylic acids is 2.